The number of rotatable bonds is 7. The van der Waals surface area contributed by atoms with Crippen molar-refractivity contribution in [2.75, 3.05) is 6.54 Å². The molecule has 6 rings (SSSR count). The number of aliphatic hydroxyl groups excluding tert-OH is 1. The van der Waals surface area contributed by atoms with E-state index in [9.17, 15) is 19.5 Å². The summed E-state index contributed by atoms with van der Waals surface area (Å²) in [5.41, 5.74) is 6.40. The number of β-amino-alcohol motifs (C(OH)–C–C–N with tert-alkyl or cyclic N) is 1. The van der Waals surface area contributed by atoms with Crippen LogP contribution in [-0.2, 0) is 22.7 Å². The van der Waals surface area contributed by atoms with Crippen LogP contribution in [0.5, 0.6) is 0 Å². The number of hydrogen-bond acceptors (Lipinski definition) is 6. The summed E-state index contributed by atoms with van der Waals surface area (Å²) < 4.78 is 0. The van der Waals surface area contributed by atoms with E-state index in [2.05, 4.69) is 10.3 Å². The van der Waals surface area contributed by atoms with Gasteiger partial charge in [0.2, 0.25) is 11.8 Å². The number of nitrogens with zero attached hydrogens (tertiary/aromatic N) is 3. The highest BCUT2D eigenvalue weighted by molar-refractivity contribution is 7.13. The van der Waals surface area contributed by atoms with Crippen molar-refractivity contribution in [2.45, 2.75) is 57.5 Å². The topological polar surface area (TPSA) is 103 Å². The molecule has 0 bridgehead atoms. The molecule has 2 aromatic carbocycles. The number of carbonyl (C=O) groups is 3. The maximum atomic E-state index is 13.9. The summed E-state index contributed by atoms with van der Waals surface area (Å²) in [4.78, 5) is 48.9. The van der Waals surface area contributed by atoms with Gasteiger partial charge in [0.15, 0.2) is 0 Å². The van der Waals surface area contributed by atoms with Crippen molar-refractivity contribution >= 4 is 29.1 Å². The third-order valence-corrected chi connectivity index (χ3v) is 8.78. The molecule has 2 fully saturated rings. The highest BCUT2D eigenvalue weighted by atomic mass is 32.1. The number of aliphatic hydroxyl groups is 1. The second-order valence-corrected chi connectivity index (χ2v) is 11.3. The summed E-state index contributed by atoms with van der Waals surface area (Å²) in [7, 11) is 0. The first kappa shape index (κ1) is 24.8. The minimum atomic E-state index is -0.775. The lowest BCUT2D eigenvalue weighted by Gasteiger charge is -2.33. The zero-order valence-corrected chi connectivity index (χ0v) is 22.0. The summed E-state index contributed by atoms with van der Waals surface area (Å²) in [6, 6.07) is 14.0. The Bertz CT molecular complexity index is 1380. The van der Waals surface area contributed by atoms with Crippen LogP contribution in [0.2, 0.25) is 0 Å². The van der Waals surface area contributed by atoms with Crippen molar-refractivity contribution in [3.05, 3.63) is 76.4 Å². The molecule has 196 valence electrons. The lowest BCUT2D eigenvalue weighted by atomic mass is 10.1. The molecule has 0 unspecified atom stereocenters. The number of nitrogens with one attached hydrogen (secondary N) is 1. The molecule has 2 N–H and O–H groups in total. The molecule has 0 radical (unpaired) electrons. The van der Waals surface area contributed by atoms with Crippen LogP contribution >= 0.6 is 11.3 Å². The van der Waals surface area contributed by atoms with Gasteiger partial charge in [-0.3, -0.25) is 14.4 Å². The van der Waals surface area contributed by atoms with Crippen molar-refractivity contribution in [1.29, 1.82) is 0 Å². The van der Waals surface area contributed by atoms with Gasteiger partial charge < -0.3 is 20.2 Å². The Kier molecular flexibility index (Phi) is 6.49. The van der Waals surface area contributed by atoms with E-state index >= 15 is 0 Å². The van der Waals surface area contributed by atoms with Crippen molar-refractivity contribution < 1.29 is 19.5 Å². The summed E-state index contributed by atoms with van der Waals surface area (Å²) >= 11 is 1.59. The van der Waals surface area contributed by atoms with Crippen molar-refractivity contribution in [2.24, 2.45) is 5.92 Å². The smallest absolute Gasteiger partial charge is 0.255 e. The molecule has 1 aliphatic carbocycles. The molecule has 3 aliphatic rings. The number of amides is 3. The van der Waals surface area contributed by atoms with Crippen LogP contribution in [0.1, 0.15) is 46.4 Å². The minimum Gasteiger partial charge on any atom is -0.391 e. The summed E-state index contributed by atoms with van der Waals surface area (Å²) in [6.45, 7) is 2.79. The maximum absolute atomic E-state index is 13.9. The fourth-order valence-corrected chi connectivity index (χ4v) is 6.45. The van der Waals surface area contributed by atoms with E-state index in [1.54, 1.807) is 22.3 Å². The van der Waals surface area contributed by atoms with Gasteiger partial charge in [0.05, 0.1) is 22.2 Å². The van der Waals surface area contributed by atoms with Gasteiger partial charge in [-0.25, -0.2) is 4.98 Å². The first-order valence-corrected chi connectivity index (χ1v) is 13.9. The van der Waals surface area contributed by atoms with E-state index in [1.165, 1.54) is 4.90 Å². The highest BCUT2D eigenvalue weighted by Gasteiger charge is 2.49. The lowest BCUT2D eigenvalue weighted by Crippen LogP contribution is -2.54. The quantitative estimate of drug-likeness (QED) is 0.489. The number of fused-ring (bicyclic) bond motifs is 1. The molecule has 3 amide bonds. The molecule has 1 saturated heterocycles. The summed E-state index contributed by atoms with van der Waals surface area (Å²) in [6.07, 6.45) is 1.16. The number of carbonyl (C=O) groups excluding carboxylic acids is 3. The van der Waals surface area contributed by atoms with E-state index in [0.29, 0.717) is 18.7 Å². The monoisotopic (exact) mass is 530 g/mol. The van der Waals surface area contributed by atoms with Crippen molar-refractivity contribution in [3.8, 4) is 10.4 Å². The maximum Gasteiger partial charge on any atom is 0.255 e. The van der Waals surface area contributed by atoms with Crippen molar-refractivity contribution in [3.63, 3.8) is 0 Å². The fraction of sp³-hybridized carbons (Fsp3) is 0.379. The van der Waals surface area contributed by atoms with Gasteiger partial charge in [0.1, 0.15) is 12.1 Å². The van der Waals surface area contributed by atoms with E-state index in [0.717, 1.165) is 40.1 Å². The van der Waals surface area contributed by atoms with Crippen LogP contribution in [0.25, 0.3) is 10.4 Å². The zero-order valence-electron chi connectivity index (χ0n) is 21.2. The molecule has 9 heteroatoms. The normalized spacial score (nSPS) is 21.5. The molecule has 8 nitrogen and oxygen atoms in total. The average molecular weight is 531 g/mol. The van der Waals surface area contributed by atoms with Gasteiger partial charge in [-0.2, -0.15) is 0 Å². The predicted molar refractivity (Wildman–Crippen MR) is 143 cm³/mol. The van der Waals surface area contributed by atoms with Crippen LogP contribution in [0.15, 0.2) is 54.0 Å². The van der Waals surface area contributed by atoms with Gasteiger partial charge in [-0.05, 0) is 48.4 Å². The van der Waals surface area contributed by atoms with Crippen LogP contribution in [0.4, 0.5) is 0 Å². The predicted octanol–water partition coefficient (Wildman–Crippen LogP) is 3.13. The van der Waals surface area contributed by atoms with Gasteiger partial charge in [-0.15, -0.1) is 11.3 Å². The summed E-state index contributed by atoms with van der Waals surface area (Å²) in [5.74, 6) is -0.580. The van der Waals surface area contributed by atoms with Crippen molar-refractivity contribution in [1.82, 2.24) is 20.1 Å². The molecular formula is C29H30N4O4S. The molecule has 1 saturated carbocycles. The highest BCUT2D eigenvalue weighted by Crippen LogP contribution is 2.40. The van der Waals surface area contributed by atoms with E-state index in [-0.39, 0.29) is 36.6 Å². The third-order valence-electron chi connectivity index (χ3n) is 7.80. The van der Waals surface area contributed by atoms with Crippen LogP contribution in [-0.4, -0.2) is 62.3 Å². The Balaban J connectivity index is 1.14. The largest absolute Gasteiger partial charge is 0.391 e. The van der Waals surface area contributed by atoms with Gasteiger partial charge in [0.25, 0.3) is 5.91 Å². The minimum absolute atomic E-state index is 0.0860. The Morgan fingerprint density at radius 1 is 1.16 bits per heavy atom. The van der Waals surface area contributed by atoms with Gasteiger partial charge in [0, 0.05) is 31.6 Å². The number of benzene rings is 2. The van der Waals surface area contributed by atoms with E-state index in [1.807, 2.05) is 54.9 Å². The van der Waals surface area contributed by atoms with Gasteiger partial charge in [-0.1, -0.05) is 42.5 Å². The molecule has 1 aromatic heterocycles. The number of likely N-dealkylation sites (tertiary alicyclic amines) is 1. The first-order chi connectivity index (χ1) is 18.4. The molecule has 0 spiro atoms. The van der Waals surface area contributed by atoms with E-state index < -0.39 is 18.2 Å². The van der Waals surface area contributed by atoms with Crippen LogP contribution in [0, 0.1) is 12.8 Å². The average Bonchev–Trinajstić information content (AvgIpc) is 3.40. The first-order valence-electron chi connectivity index (χ1n) is 13.0. The Morgan fingerprint density at radius 2 is 1.92 bits per heavy atom. The second kappa shape index (κ2) is 9.96. The standard InChI is InChI=1S/C29H30N4O4S/c1-17-26(38-16-31-17)20-8-6-18(7-9-20)13-30-27(35)24-12-22(34)15-32(24)29(37)25(19-10-11-19)33-14-21-4-2-3-5-23(21)28(33)36/h2-9,16,19,22,24-25,34H,10-15H2,1H3,(H,30,35)/t22-,24+,25+/m1/s1. The molecule has 38 heavy (non-hydrogen) atoms. The third kappa shape index (κ3) is 4.61. The molecular weight excluding hydrogens is 500 g/mol. The Hall–Kier alpha value is -3.56. The van der Waals surface area contributed by atoms with Gasteiger partial charge >= 0.3 is 0 Å². The van der Waals surface area contributed by atoms with E-state index in [4.69, 9.17) is 0 Å². The molecule has 3 atom stereocenters. The summed E-state index contributed by atoms with van der Waals surface area (Å²) in [5, 5.41) is 13.4. The second-order valence-electron chi connectivity index (χ2n) is 10.5. The number of aromatic nitrogens is 1. The lowest BCUT2D eigenvalue weighted by molar-refractivity contribution is -0.142. The van der Waals surface area contributed by atoms with Crippen LogP contribution in [0.3, 0.4) is 0 Å². The molecule has 3 heterocycles. The fourth-order valence-electron chi connectivity index (χ4n) is 5.64. The number of hydrogen-bond donors (Lipinski definition) is 2. The zero-order chi connectivity index (χ0) is 26.4. The Labute approximate surface area is 225 Å². The Morgan fingerprint density at radius 3 is 2.61 bits per heavy atom. The number of thiazole rings is 1. The SMILES string of the molecule is Cc1ncsc1-c1ccc(CNC(=O)[C@@H]2C[C@@H](O)CN2C(=O)[C@H](C2CC2)N2Cc3ccccc3C2=O)cc1. The molecule has 2 aliphatic heterocycles. The van der Waals surface area contributed by atoms with Crippen LogP contribution < -0.4 is 5.32 Å². The number of aryl methyl sites for hydroxylation is 1. The molecule has 3 aromatic rings.